The van der Waals surface area contributed by atoms with Crippen LogP contribution in [0, 0.1) is 6.92 Å². The van der Waals surface area contributed by atoms with Crippen molar-refractivity contribution in [2.24, 2.45) is 0 Å². The lowest BCUT2D eigenvalue weighted by molar-refractivity contribution is 0.422. The van der Waals surface area contributed by atoms with Crippen LogP contribution in [0.25, 0.3) is 22.4 Å². The average molecular weight is 423 g/mol. The summed E-state index contributed by atoms with van der Waals surface area (Å²) in [6.45, 7) is 3.83. The van der Waals surface area contributed by atoms with Crippen molar-refractivity contribution in [3.63, 3.8) is 0 Å². The van der Waals surface area contributed by atoms with E-state index in [4.69, 9.17) is 9.05 Å². The number of nitrogens with one attached hydrogen (secondary N) is 1. The van der Waals surface area contributed by atoms with Gasteiger partial charge in [-0.05, 0) is 25.0 Å². The topological polar surface area (TPSA) is 98.2 Å². The second kappa shape index (κ2) is 8.16. The molecule has 0 bridgehead atoms. The molecule has 2 aromatic heterocycles. The van der Waals surface area contributed by atoms with Gasteiger partial charge in [0.2, 0.25) is 5.88 Å². The molecule has 4 rings (SSSR count). The first kappa shape index (κ1) is 19.9. The van der Waals surface area contributed by atoms with Gasteiger partial charge in [0.1, 0.15) is 12.0 Å². The average Bonchev–Trinajstić information content (AvgIpc) is 3.40. The Balaban J connectivity index is 1.67. The SMILES string of the molecule is CCCc1noc(NS(=O)(=O)c2ccccc2-c2ccc(-c3ccon3)cc2)c1C. The van der Waals surface area contributed by atoms with Gasteiger partial charge in [-0.1, -0.05) is 66.1 Å². The van der Waals surface area contributed by atoms with Crippen LogP contribution in [0.4, 0.5) is 5.88 Å². The zero-order valence-corrected chi connectivity index (χ0v) is 17.4. The molecule has 0 saturated heterocycles. The monoisotopic (exact) mass is 423 g/mol. The third kappa shape index (κ3) is 3.86. The molecule has 2 heterocycles. The van der Waals surface area contributed by atoms with Gasteiger partial charge in [-0.3, -0.25) is 0 Å². The standard InChI is InChI=1S/C22H21N3O4S/c1-3-6-19-15(2)22(29-24-19)25-30(26,27)21-8-5-4-7-18(21)16-9-11-17(12-10-16)20-13-14-28-23-20/h4-5,7-14,25H,3,6H2,1-2H3. The van der Waals surface area contributed by atoms with Gasteiger partial charge in [-0.25, -0.2) is 13.1 Å². The van der Waals surface area contributed by atoms with Gasteiger partial charge in [0.05, 0.1) is 10.6 Å². The first-order chi connectivity index (χ1) is 14.5. The molecular weight excluding hydrogens is 402 g/mol. The van der Waals surface area contributed by atoms with E-state index in [1.807, 2.05) is 31.2 Å². The van der Waals surface area contributed by atoms with Crippen molar-refractivity contribution < 1.29 is 17.5 Å². The van der Waals surface area contributed by atoms with Crippen LogP contribution in [-0.4, -0.2) is 18.7 Å². The Morgan fingerprint density at radius 3 is 2.40 bits per heavy atom. The predicted octanol–water partition coefficient (Wildman–Crippen LogP) is 5.06. The number of aromatic nitrogens is 2. The molecule has 0 spiro atoms. The lowest BCUT2D eigenvalue weighted by atomic mass is 10.0. The van der Waals surface area contributed by atoms with Crippen molar-refractivity contribution in [2.45, 2.75) is 31.6 Å². The van der Waals surface area contributed by atoms with E-state index in [0.717, 1.165) is 29.7 Å². The van der Waals surface area contributed by atoms with E-state index < -0.39 is 10.0 Å². The summed E-state index contributed by atoms with van der Waals surface area (Å²) < 4.78 is 39.0. The Bertz CT molecular complexity index is 1240. The molecule has 0 fully saturated rings. The molecule has 2 aromatic carbocycles. The molecular formula is C22H21N3O4S. The van der Waals surface area contributed by atoms with Crippen LogP contribution in [0.2, 0.25) is 0 Å². The largest absolute Gasteiger partial charge is 0.364 e. The number of benzene rings is 2. The van der Waals surface area contributed by atoms with Crippen LogP contribution in [-0.2, 0) is 16.4 Å². The fraction of sp³-hybridized carbons (Fsp3) is 0.182. The smallest absolute Gasteiger partial charge is 0.264 e. The minimum atomic E-state index is -3.88. The van der Waals surface area contributed by atoms with E-state index in [-0.39, 0.29) is 10.8 Å². The van der Waals surface area contributed by atoms with Gasteiger partial charge in [-0.15, -0.1) is 0 Å². The van der Waals surface area contributed by atoms with Crippen LogP contribution in [0.3, 0.4) is 0 Å². The van der Waals surface area contributed by atoms with Gasteiger partial charge in [-0.2, -0.15) is 0 Å². The lowest BCUT2D eigenvalue weighted by Gasteiger charge is -2.12. The summed E-state index contributed by atoms with van der Waals surface area (Å²) in [6.07, 6.45) is 3.13. The Morgan fingerprint density at radius 1 is 0.967 bits per heavy atom. The molecule has 0 radical (unpaired) electrons. The van der Waals surface area contributed by atoms with E-state index in [1.165, 1.54) is 6.26 Å². The molecule has 1 N–H and O–H groups in total. The Kier molecular flexibility index (Phi) is 5.41. The minimum Gasteiger partial charge on any atom is -0.364 e. The summed E-state index contributed by atoms with van der Waals surface area (Å²) in [6, 6.07) is 16.1. The maximum Gasteiger partial charge on any atom is 0.264 e. The summed E-state index contributed by atoms with van der Waals surface area (Å²) in [5, 5.41) is 7.90. The van der Waals surface area contributed by atoms with E-state index in [9.17, 15) is 8.42 Å². The predicted molar refractivity (Wildman–Crippen MR) is 113 cm³/mol. The molecule has 0 unspecified atom stereocenters. The number of rotatable bonds is 7. The van der Waals surface area contributed by atoms with Crippen LogP contribution in [0.15, 0.2) is 74.8 Å². The molecule has 0 amide bonds. The number of nitrogens with zero attached hydrogens (tertiary/aromatic N) is 2. The Hall–Kier alpha value is -3.39. The molecule has 0 aliphatic heterocycles. The highest BCUT2D eigenvalue weighted by molar-refractivity contribution is 7.92. The van der Waals surface area contributed by atoms with Crippen molar-refractivity contribution in [2.75, 3.05) is 4.72 Å². The zero-order chi connectivity index (χ0) is 21.1. The van der Waals surface area contributed by atoms with Gasteiger partial charge >= 0.3 is 0 Å². The van der Waals surface area contributed by atoms with Crippen molar-refractivity contribution in [1.29, 1.82) is 0 Å². The number of hydrogen-bond donors (Lipinski definition) is 1. The minimum absolute atomic E-state index is 0.148. The molecule has 7 nitrogen and oxygen atoms in total. The fourth-order valence-corrected chi connectivity index (χ4v) is 4.51. The molecule has 30 heavy (non-hydrogen) atoms. The summed E-state index contributed by atoms with van der Waals surface area (Å²) in [4.78, 5) is 0.159. The Morgan fingerprint density at radius 2 is 1.70 bits per heavy atom. The van der Waals surface area contributed by atoms with Gasteiger partial charge in [0.15, 0.2) is 0 Å². The van der Waals surface area contributed by atoms with E-state index in [2.05, 4.69) is 15.0 Å². The van der Waals surface area contributed by atoms with E-state index >= 15 is 0 Å². The normalized spacial score (nSPS) is 11.5. The molecule has 0 saturated carbocycles. The molecule has 0 atom stereocenters. The van der Waals surface area contributed by atoms with Crippen LogP contribution >= 0.6 is 0 Å². The number of hydrogen-bond acceptors (Lipinski definition) is 6. The molecule has 8 heteroatoms. The summed E-state index contributed by atoms with van der Waals surface area (Å²) in [5.74, 6) is 0.148. The third-order valence-electron chi connectivity index (χ3n) is 4.84. The van der Waals surface area contributed by atoms with E-state index in [1.54, 1.807) is 37.3 Å². The van der Waals surface area contributed by atoms with Crippen LogP contribution in [0.1, 0.15) is 24.6 Å². The van der Waals surface area contributed by atoms with Crippen LogP contribution < -0.4 is 4.72 Å². The first-order valence-electron chi connectivity index (χ1n) is 9.58. The fourth-order valence-electron chi connectivity index (χ4n) is 3.23. The van der Waals surface area contributed by atoms with E-state index in [0.29, 0.717) is 16.8 Å². The van der Waals surface area contributed by atoms with Gasteiger partial charge < -0.3 is 9.05 Å². The maximum atomic E-state index is 13.1. The summed E-state index contributed by atoms with van der Waals surface area (Å²) in [7, 11) is -3.88. The Labute approximate surface area is 174 Å². The van der Waals surface area contributed by atoms with Crippen molar-refractivity contribution in [3.8, 4) is 22.4 Å². The maximum absolute atomic E-state index is 13.1. The van der Waals surface area contributed by atoms with Crippen molar-refractivity contribution in [1.82, 2.24) is 10.3 Å². The summed E-state index contributed by atoms with van der Waals surface area (Å²) >= 11 is 0. The number of sulfonamides is 1. The summed E-state index contributed by atoms with van der Waals surface area (Å²) in [5.41, 5.74) is 4.41. The molecule has 0 aliphatic carbocycles. The lowest BCUT2D eigenvalue weighted by Crippen LogP contribution is -2.14. The van der Waals surface area contributed by atoms with Crippen molar-refractivity contribution in [3.05, 3.63) is 72.1 Å². The highest BCUT2D eigenvalue weighted by Gasteiger charge is 2.23. The zero-order valence-electron chi connectivity index (χ0n) is 16.6. The highest BCUT2D eigenvalue weighted by Crippen LogP contribution is 2.31. The quantitative estimate of drug-likeness (QED) is 0.446. The van der Waals surface area contributed by atoms with Gasteiger partial charge in [0.25, 0.3) is 10.0 Å². The van der Waals surface area contributed by atoms with Crippen LogP contribution in [0.5, 0.6) is 0 Å². The first-order valence-corrected chi connectivity index (χ1v) is 11.1. The highest BCUT2D eigenvalue weighted by atomic mass is 32.2. The van der Waals surface area contributed by atoms with Crippen molar-refractivity contribution >= 4 is 15.9 Å². The number of anilines is 1. The third-order valence-corrected chi connectivity index (χ3v) is 6.23. The molecule has 154 valence electrons. The van der Waals surface area contributed by atoms with Gasteiger partial charge in [0, 0.05) is 22.8 Å². The second-order valence-corrected chi connectivity index (χ2v) is 8.55. The molecule has 0 aliphatic rings. The second-order valence-electron chi connectivity index (χ2n) is 6.90. The molecule has 4 aromatic rings. The number of aryl methyl sites for hydroxylation is 1.